The Hall–Kier alpha value is -1.19. The highest BCUT2D eigenvalue weighted by Crippen LogP contribution is 2.17. The Balaban J connectivity index is 2.57. The highest BCUT2D eigenvalue weighted by Gasteiger charge is 2.12. The number of hydrogen-bond donors (Lipinski definition) is 0. The van der Waals surface area contributed by atoms with Gasteiger partial charge in [0.15, 0.2) is 5.78 Å². The molecule has 1 aromatic carbocycles. The largest absolute Gasteiger partial charge is 0.385 e. The number of benzene rings is 1. The van der Waals surface area contributed by atoms with E-state index in [0.29, 0.717) is 13.2 Å². The second-order valence-electron chi connectivity index (χ2n) is 4.60. The molecule has 1 aromatic rings. The first kappa shape index (κ1) is 14.9. The molecule has 100 valence electrons. The van der Waals surface area contributed by atoms with Crippen LogP contribution in [-0.2, 0) is 9.47 Å². The normalized spacial score (nSPS) is 10.7. The van der Waals surface area contributed by atoms with E-state index in [0.717, 1.165) is 23.1 Å². The highest BCUT2D eigenvalue weighted by molar-refractivity contribution is 5.99. The van der Waals surface area contributed by atoms with Gasteiger partial charge in [-0.15, -0.1) is 0 Å². The van der Waals surface area contributed by atoms with Gasteiger partial charge in [-0.25, -0.2) is 0 Å². The first-order valence-electron chi connectivity index (χ1n) is 6.24. The van der Waals surface area contributed by atoms with Crippen LogP contribution in [0.2, 0.25) is 0 Å². The summed E-state index contributed by atoms with van der Waals surface area (Å²) in [5.74, 6) is 0.0578. The quantitative estimate of drug-likeness (QED) is 0.551. The van der Waals surface area contributed by atoms with E-state index in [1.165, 1.54) is 5.56 Å². The number of carbonyl (C=O) groups is 1. The van der Waals surface area contributed by atoms with Crippen molar-refractivity contribution in [2.45, 2.75) is 27.2 Å². The van der Waals surface area contributed by atoms with Gasteiger partial charge in [-0.1, -0.05) is 17.7 Å². The zero-order valence-electron chi connectivity index (χ0n) is 11.7. The SMILES string of the molecule is COCCCOCC(=O)c1c(C)cc(C)cc1C. The summed E-state index contributed by atoms with van der Waals surface area (Å²) in [7, 11) is 1.66. The summed E-state index contributed by atoms with van der Waals surface area (Å²) >= 11 is 0. The maximum absolute atomic E-state index is 12.1. The Bertz CT molecular complexity index is 387. The predicted octanol–water partition coefficient (Wildman–Crippen LogP) is 2.85. The lowest BCUT2D eigenvalue weighted by molar-refractivity contribution is 0.0704. The van der Waals surface area contributed by atoms with Crippen molar-refractivity contribution < 1.29 is 14.3 Å². The van der Waals surface area contributed by atoms with E-state index in [1.54, 1.807) is 7.11 Å². The number of methoxy groups -OCH3 is 1. The molecule has 0 atom stereocenters. The number of aryl methyl sites for hydroxylation is 3. The van der Waals surface area contributed by atoms with E-state index in [-0.39, 0.29) is 12.4 Å². The summed E-state index contributed by atoms with van der Waals surface area (Å²) in [5.41, 5.74) is 4.03. The number of ketones is 1. The minimum absolute atomic E-state index is 0.0578. The summed E-state index contributed by atoms with van der Waals surface area (Å²) in [5, 5.41) is 0. The first-order chi connectivity index (χ1) is 8.56. The molecule has 0 heterocycles. The minimum atomic E-state index is 0.0578. The maximum Gasteiger partial charge on any atom is 0.188 e. The van der Waals surface area contributed by atoms with Gasteiger partial charge in [-0.3, -0.25) is 4.79 Å². The summed E-state index contributed by atoms with van der Waals surface area (Å²) in [6.07, 6.45) is 0.815. The molecule has 0 unspecified atom stereocenters. The molecule has 1 rings (SSSR count). The smallest absolute Gasteiger partial charge is 0.188 e. The van der Waals surface area contributed by atoms with Crippen LogP contribution in [0.4, 0.5) is 0 Å². The molecule has 0 aromatic heterocycles. The fourth-order valence-electron chi connectivity index (χ4n) is 2.16. The second kappa shape index (κ2) is 7.29. The second-order valence-corrected chi connectivity index (χ2v) is 4.60. The molecule has 0 bridgehead atoms. The summed E-state index contributed by atoms with van der Waals surface area (Å²) in [6.45, 7) is 7.35. The van der Waals surface area contributed by atoms with Gasteiger partial charge in [0.2, 0.25) is 0 Å². The zero-order chi connectivity index (χ0) is 13.5. The van der Waals surface area contributed by atoms with Crippen LogP contribution in [0.3, 0.4) is 0 Å². The van der Waals surface area contributed by atoms with Crippen molar-refractivity contribution >= 4 is 5.78 Å². The van der Waals surface area contributed by atoms with Crippen LogP contribution in [0, 0.1) is 20.8 Å². The van der Waals surface area contributed by atoms with E-state index >= 15 is 0 Å². The molecule has 0 N–H and O–H groups in total. The molecule has 0 saturated heterocycles. The number of hydrogen-bond acceptors (Lipinski definition) is 3. The predicted molar refractivity (Wildman–Crippen MR) is 72.3 cm³/mol. The van der Waals surface area contributed by atoms with E-state index in [9.17, 15) is 4.79 Å². The summed E-state index contributed by atoms with van der Waals surface area (Å²) < 4.78 is 10.3. The maximum atomic E-state index is 12.1. The molecular formula is C15H22O3. The van der Waals surface area contributed by atoms with Crippen molar-refractivity contribution in [1.82, 2.24) is 0 Å². The van der Waals surface area contributed by atoms with Crippen LogP contribution in [0.25, 0.3) is 0 Å². The molecule has 0 radical (unpaired) electrons. The molecular weight excluding hydrogens is 228 g/mol. The number of ether oxygens (including phenoxy) is 2. The Labute approximate surface area is 109 Å². The topological polar surface area (TPSA) is 35.5 Å². The summed E-state index contributed by atoms with van der Waals surface area (Å²) in [6, 6.07) is 4.07. The lowest BCUT2D eigenvalue weighted by Gasteiger charge is -2.10. The van der Waals surface area contributed by atoms with Gasteiger partial charge in [-0.2, -0.15) is 0 Å². The molecule has 0 saturated carbocycles. The van der Waals surface area contributed by atoms with Crippen LogP contribution >= 0.6 is 0 Å². The number of Topliss-reactive ketones (excluding diaryl/α,β-unsaturated/α-hetero) is 1. The van der Waals surface area contributed by atoms with Crippen molar-refractivity contribution in [3.8, 4) is 0 Å². The molecule has 0 fully saturated rings. The standard InChI is InChI=1S/C15H22O3/c1-11-8-12(2)15(13(3)9-11)14(16)10-18-7-5-6-17-4/h8-9H,5-7,10H2,1-4H3. The van der Waals surface area contributed by atoms with Gasteiger partial charge in [0.05, 0.1) is 0 Å². The third-order valence-electron chi connectivity index (χ3n) is 2.83. The van der Waals surface area contributed by atoms with E-state index in [2.05, 4.69) is 0 Å². The van der Waals surface area contributed by atoms with Crippen molar-refractivity contribution in [2.24, 2.45) is 0 Å². The third-order valence-corrected chi connectivity index (χ3v) is 2.83. The van der Waals surface area contributed by atoms with Gasteiger partial charge in [0, 0.05) is 25.9 Å². The van der Waals surface area contributed by atoms with Crippen LogP contribution in [0.1, 0.15) is 33.5 Å². The molecule has 3 nitrogen and oxygen atoms in total. The van der Waals surface area contributed by atoms with Gasteiger partial charge in [-0.05, 0) is 38.3 Å². The van der Waals surface area contributed by atoms with Gasteiger partial charge >= 0.3 is 0 Å². The van der Waals surface area contributed by atoms with Crippen molar-refractivity contribution in [1.29, 1.82) is 0 Å². The van der Waals surface area contributed by atoms with Crippen molar-refractivity contribution in [3.05, 3.63) is 34.4 Å². The fraction of sp³-hybridized carbons (Fsp3) is 0.533. The van der Waals surface area contributed by atoms with Gasteiger partial charge in [0.1, 0.15) is 6.61 Å². The molecule has 0 spiro atoms. The van der Waals surface area contributed by atoms with Gasteiger partial charge < -0.3 is 9.47 Å². The molecule has 3 heteroatoms. The Morgan fingerprint density at radius 3 is 2.28 bits per heavy atom. The zero-order valence-corrected chi connectivity index (χ0v) is 11.7. The van der Waals surface area contributed by atoms with E-state index in [1.807, 2.05) is 32.9 Å². The minimum Gasteiger partial charge on any atom is -0.385 e. The van der Waals surface area contributed by atoms with Crippen LogP contribution < -0.4 is 0 Å². The number of rotatable bonds is 7. The lowest BCUT2D eigenvalue weighted by atomic mass is 9.97. The van der Waals surface area contributed by atoms with Gasteiger partial charge in [0.25, 0.3) is 0 Å². The molecule has 0 amide bonds. The average molecular weight is 250 g/mol. The Morgan fingerprint density at radius 2 is 1.72 bits per heavy atom. The van der Waals surface area contributed by atoms with Crippen molar-refractivity contribution in [3.63, 3.8) is 0 Å². The third kappa shape index (κ3) is 4.24. The number of carbonyl (C=O) groups excluding carboxylic acids is 1. The molecule has 0 aliphatic rings. The molecule has 18 heavy (non-hydrogen) atoms. The monoisotopic (exact) mass is 250 g/mol. The van der Waals surface area contributed by atoms with E-state index in [4.69, 9.17) is 9.47 Å². The highest BCUT2D eigenvalue weighted by atomic mass is 16.5. The molecule has 0 aliphatic carbocycles. The Kier molecular flexibility index (Phi) is 6.02. The Morgan fingerprint density at radius 1 is 1.11 bits per heavy atom. The molecule has 0 aliphatic heterocycles. The van der Waals surface area contributed by atoms with E-state index < -0.39 is 0 Å². The lowest BCUT2D eigenvalue weighted by Crippen LogP contribution is -2.13. The summed E-state index contributed by atoms with van der Waals surface area (Å²) in [4.78, 5) is 12.1. The van der Waals surface area contributed by atoms with Crippen LogP contribution in [-0.4, -0.2) is 32.7 Å². The van der Waals surface area contributed by atoms with Crippen LogP contribution in [0.5, 0.6) is 0 Å². The van der Waals surface area contributed by atoms with Crippen LogP contribution in [0.15, 0.2) is 12.1 Å². The average Bonchev–Trinajstić information content (AvgIpc) is 2.27. The van der Waals surface area contributed by atoms with Crippen molar-refractivity contribution in [2.75, 3.05) is 26.9 Å². The fourth-order valence-corrected chi connectivity index (χ4v) is 2.16. The first-order valence-corrected chi connectivity index (χ1v) is 6.24.